The van der Waals surface area contributed by atoms with E-state index in [1.54, 1.807) is 24.5 Å². The number of rotatable bonds is 4. The van der Waals surface area contributed by atoms with Crippen molar-refractivity contribution in [3.63, 3.8) is 0 Å². The van der Waals surface area contributed by atoms with Gasteiger partial charge in [-0.15, -0.1) is 0 Å². The molecule has 0 spiro atoms. The Hall–Kier alpha value is -2.67. The molecule has 116 valence electrons. The van der Waals surface area contributed by atoms with E-state index < -0.39 is 5.91 Å². The van der Waals surface area contributed by atoms with Crippen molar-refractivity contribution in [2.24, 2.45) is 5.10 Å². The van der Waals surface area contributed by atoms with Crippen molar-refractivity contribution in [3.05, 3.63) is 64.5 Å². The molecule has 1 amide bonds. The fourth-order valence-electron chi connectivity index (χ4n) is 1.97. The van der Waals surface area contributed by atoms with Gasteiger partial charge in [-0.05, 0) is 36.8 Å². The summed E-state index contributed by atoms with van der Waals surface area (Å²) in [5.41, 5.74) is 4.98. The van der Waals surface area contributed by atoms with Crippen LogP contribution in [0.4, 0.5) is 0 Å². The monoisotopic (exact) mass is 372 g/mol. The molecule has 2 aromatic heterocycles. The number of H-pyrrole nitrogens is 1. The Morgan fingerprint density at radius 3 is 2.91 bits per heavy atom. The van der Waals surface area contributed by atoms with Gasteiger partial charge in [0.2, 0.25) is 0 Å². The fraction of sp³-hybridized carbons (Fsp3) is 0.0625. The summed E-state index contributed by atoms with van der Waals surface area (Å²) in [6.45, 7) is 1.82. The molecule has 0 fully saturated rings. The summed E-state index contributed by atoms with van der Waals surface area (Å²) in [4.78, 5) is 12.1. The molecule has 0 unspecified atom stereocenters. The maximum absolute atomic E-state index is 12.1. The number of halogens is 1. The highest BCUT2D eigenvalue weighted by atomic mass is 79.9. The Balaban J connectivity index is 1.71. The first-order chi connectivity index (χ1) is 11.1. The lowest BCUT2D eigenvalue weighted by atomic mass is 10.1. The van der Waals surface area contributed by atoms with Crippen molar-refractivity contribution in [1.82, 2.24) is 15.6 Å². The van der Waals surface area contributed by atoms with Gasteiger partial charge in [0, 0.05) is 10.5 Å². The van der Waals surface area contributed by atoms with E-state index in [-0.39, 0.29) is 5.69 Å². The van der Waals surface area contributed by atoms with E-state index in [1.807, 2.05) is 31.2 Å². The lowest BCUT2D eigenvalue weighted by Crippen LogP contribution is -2.19. The largest absolute Gasteiger partial charge is 0.463 e. The van der Waals surface area contributed by atoms with Gasteiger partial charge in [0.1, 0.15) is 5.69 Å². The molecule has 2 N–H and O–H groups in total. The summed E-state index contributed by atoms with van der Waals surface area (Å²) in [5.74, 6) is 0.221. The van der Waals surface area contributed by atoms with Crippen LogP contribution in [0.1, 0.15) is 23.0 Å². The summed E-state index contributed by atoms with van der Waals surface area (Å²) in [6, 6.07) is 12.8. The third kappa shape index (κ3) is 3.57. The molecule has 3 aromatic rings. The van der Waals surface area contributed by atoms with Gasteiger partial charge >= 0.3 is 0 Å². The summed E-state index contributed by atoms with van der Waals surface area (Å²) in [6.07, 6.45) is 1.56. The van der Waals surface area contributed by atoms with Crippen LogP contribution in [0.5, 0.6) is 0 Å². The number of aromatic nitrogens is 2. The van der Waals surface area contributed by atoms with Gasteiger partial charge in [-0.1, -0.05) is 28.1 Å². The topological polar surface area (TPSA) is 83.3 Å². The SMILES string of the molecule is CC(=NNC(=O)c1cc(-c2ccco2)[nH]n1)c1cccc(Br)c1. The number of hydrazone groups is 1. The normalized spacial score (nSPS) is 11.5. The quantitative estimate of drug-likeness (QED) is 0.542. The molecule has 6 nitrogen and oxygen atoms in total. The second-order valence-electron chi connectivity index (χ2n) is 4.79. The second-order valence-corrected chi connectivity index (χ2v) is 5.71. The molecule has 2 heterocycles. The minimum atomic E-state index is -0.395. The molecular weight excluding hydrogens is 360 g/mol. The number of carbonyl (C=O) groups is 1. The molecule has 23 heavy (non-hydrogen) atoms. The van der Waals surface area contributed by atoms with E-state index >= 15 is 0 Å². The van der Waals surface area contributed by atoms with Crippen LogP contribution in [0.15, 0.2) is 62.7 Å². The van der Waals surface area contributed by atoms with Crippen LogP contribution in [-0.2, 0) is 0 Å². The van der Waals surface area contributed by atoms with Gasteiger partial charge in [-0.25, -0.2) is 5.43 Å². The number of carbonyl (C=O) groups excluding carboxylic acids is 1. The number of hydrogen-bond acceptors (Lipinski definition) is 4. The minimum Gasteiger partial charge on any atom is -0.463 e. The van der Waals surface area contributed by atoms with Gasteiger partial charge in [0.15, 0.2) is 11.5 Å². The number of amides is 1. The number of aromatic amines is 1. The maximum atomic E-state index is 12.1. The van der Waals surface area contributed by atoms with Crippen molar-refractivity contribution in [2.75, 3.05) is 0 Å². The molecule has 7 heteroatoms. The van der Waals surface area contributed by atoms with Crippen LogP contribution in [0.25, 0.3) is 11.5 Å². The first-order valence-corrected chi connectivity index (χ1v) is 7.62. The summed E-state index contributed by atoms with van der Waals surface area (Å²) in [7, 11) is 0. The third-order valence-corrected chi connectivity index (χ3v) is 3.66. The molecule has 0 bridgehead atoms. The maximum Gasteiger partial charge on any atom is 0.291 e. The smallest absolute Gasteiger partial charge is 0.291 e. The molecule has 0 saturated carbocycles. The Kier molecular flexibility index (Phi) is 4.38. The van der Waals surface area contributed by atoms with E-state index in [9.17, 15) is 4.79 Å². The zero-order valence-corrected chi connectivity index (χ0v) is 13.8. The lowest BCUT2D eigenvalue weighted by molar-refractivity contribution is 0.0950. The highest BCUT2D eigenvalue weighted by Gasteiger charge is 2.12. The standard InChI is InChI=1S/C16H13BrN4O2/c1-10(11-4-2-5-12(17)8-11)18-21-16(22)14-9-13(19-20-14)15-6-3-7-23-15/h2-9H,1H3,(H,19,20)(H,21,22). The van der Waals surface area contributed by atoms with E-state index in [0.29, 0.717) is 17.2 Å². The average Bonchev–Trinajstić information content (AvgIpc) is 3.22. The van der Waals surface area contributed by atoms with E-state index in [0.717, 1.165) is 10.0 Å². The number of hydrogen-bond donors (Lipinski definition) is 2. The number of nitrogens with one attached hydrogen (secondary N) is 2. The van der Waals surface area contributed by atoms with Gasteiger partial charge in [-0.2, -0.15) is 10.2 Å². The van der Waals surface area contributed by atoms with Crippen molar-refractivity contribution in [2.45, 2.75) is 6.92 Å². The predicted octanol–water partition coefficient (Wildman–Crippen LogP) is 3.59. The van der Waals surface area contributed by atoms with Crippen LogP contribution in [0.3, 0.4) is 0 Å². The van der Waals surface area contributed by atoms with E-state index in [2.05, 4.69) is 36.7 Å². The summed E-state index contributed by atoms with van der Waals surface area (Å²) < 4.78 is 6.20. The molecule has 0 atom stereocenters. The molecule has 0 radical (unpaired) electrons. The van der Waals surface area contributed by atoms with Crippen LogP contribution < -0.4 is 5.43 Å². The first-order valence-electron chi connectivity index (χ1n) is 6.83. The van der Waals surface area contributed by atoms with Gasteiger partial charge in [0.05, 0.1) is 12.0 Å². The summed E-state index contributed by atoms with van der Waals surface area (Å²) >= 11 is 3.40. The molecule has 0 aliphatic carbocycles. The van der Waals surface area contributed by atoms with Gasteiger partial charge < -0.3 is 4.42 Å². The van der Waals surface area contributed by atoms with Gasteiger partial charge in [-0.3, -0.25) is 9.89 Å². The highest BCUT2D eigenvalue weighted by molar-refractivity contribution is 9.10. The Bertz CT molecular complexity index is 853. The molecule has 0 aliphatic rings. The molecule has 3 rings (SSSR count). The first kappa shape index (κ1) is 15.2. The molecule has 1 aromatic carbocycles. The molecular formula is C16H13BrN4O2. The van der Waals surface area contributed by atoms with Crippen molar-refractivity contribution in [1.29, 1.82) is 0 Å². The zero-order chi connectivity index (χ0) is 16.2. The van der Waals surface area contributed by atoms with Crippen molar-refractivity contribution < 1.29 is 9.21 Å². The Labute approximate surface area is 140 Å². The fourth-order valence-corrected chi connectivity index (χ4v) is 2.37. The second kappa shape index (κ2) is 6.62. The lowest BCUT2D eigenvalue weighted by Gasteiger charge is -2.02. The average molecular weight is 373 g/mol. The third-order valence-electron chi connectivity index (χ3n) is 3.16. The number of benzene rings is 1. The van der Waals surface area contributed by atoms with E-state index in [1.165, 1.54) is 0 Å². The van der Waals surface area contributed by atoms with Crippen LogP contribution in [-0.4, -0.2) is 21.8 Å². The van der Waals surface area contributed by atoms with Crippen molar-refractivity contribution >= 4 is 27.5 Å². The Morgan fingerprint density at radius 1 is 1.30 bits per heavy atom. The van der Waals surface area contributed by atoms with Crippen LogP contribution in [0, 0.1) is 0 Å². The zero-order valence-electron chi connectivity index (χ0n) is 12.2. The number of nitrogens with zero attached hydrogens (tertiary/aromatic N) is 2. The summed E-state index contributed by atoms with van der Waals surface area (Å²) in [5, 5.41) is 10.8. The van der Waals surface area contributed by atoms with E-state index in [4.69, 9.17) is 4.42 Å². The molecule has 0 saturated heterocycles. The Morgan fingerprint density at radius 2 is 2.17 bits per heavy atom. The van der Waals surface area contributed by atoms with Gasteiger partial charge in [0.25, 0.3) is 5.91 Å². The predicted molar refractivity (Wildman–Crippen MR) is 90.1 cm³/mol. The molecule has 0 aliphatic heterocycles. The van der Waals surface area contributed by atoms with Crippen LogP contribution in [0.2, 0.25) is 0 Å². The van der Waals surface area contributed by atoms with Crippen LogP contribution >= 0.6 is 15.9 Å². The minimum absolute atomic E-state index is 0.238. The highest BCUT2D eigenvalue weighted by Crippen LogP contribution is 2.17. The van der Waals surface area contributed by atoms with Crippen molar-refractivity contribution in [3.8, 4) is 11.5 Å². The number of furan rings is 1.